The molecule has 2 aromatic carbocycles. The van der Waals surface area contributed by atoms with Gasteiger partial charge in [-0.1, -0.05) is 24.3 Å². The Morgan fingerprint density at radius 2 is 1.35 bits per heavy atom. The summed E-state index contributed by atoms with van der Waals surface area (Å²) in [4.78, 5) is 20.3. The lowest BCUT2D eigenvalue weighted by Gasteiger charge is -2.02. The van der Waals surface area contributed by atoms with Gasteiger partial charge >= 0.3 is 0 Å². The Morgan fingerprint density at radius 3 is 1.95 bits per heavy atom. The van der Waals surface area contributed by atoms with Crippen LogP contribution in [0.4, 0.5) is 11.4 Å². The molecule has 6 heteroatoms. The molecule has 0 aromatic heterocycles. The first-order valence-electron chi connectivity index (χ1n) is 6.03. The predicted octanol–water partition coefficient (Wildman–Crippen LogP) is 3.29. The maximum Gasteiger partial charge on any atom is 0.269 e. The second-order valence-electron chi connectivity index (χ2n) is 4.35. The summed E-state index contributed by atoms with van der Waals surface area (Å²) in [6, 6.07) is 12.8. The van der Waals surface area contributed by atoms with Crippen molar-refractivity contribution in [3.05, 3.63) is 79.9 Å². The molecule has 0 radical (unpaired) electrons. The van der Waals surface area contributed by atoms with Gasteiger partial charge in [0.05, 0.1) is 9.85 Å². The highest BCUT2D eigenvalue weighted by molar-refractivity contribution is 5.36. The average Bonchev–Trinajstić information content (AvgIpc) is 2.46. The fourth-order valence-corrected chi connectivity index (χ4v) is 1.90. The molecule has 2 rings (SSSR count). The summed E-state index contributed by atoms with van der Waals surface area (Å²) in [6.07, 6.45) is 1.33. The van der Waals surface area contributed by atoms with Gasteiger partial charge in [0.1, 0.15) is 0 Å². The van der Waals surface area contributed by atoms with Gasteiger partial charge in [0.25, 0.3) is 11.4 Å². The third-order valence-corrected chi connectivity index (χ3v) is 2.97. The Labute approximate surface area is 115 Å². The Balaban J connectivity index is 2.03. The number of nitro benzene ring substituents is 2. The van der Waals surface area contributed by atoms with Crippen molar-refractivity contribution in [2.24, 2.45) is 0 Å². The molecule has 0 N–H and O–H groups in total. The van der Waals surface area contributed by atoms with E-state index in [-0.39, 0.29) is 11.4 Å². The molecule has 102 valence electrons. The fourth-order valence-electron chi connectivity index (χ4n) is 1.90. The van der Waals surface area contributed by atoms with E-state index in [4.69, 9.17) is 0 Å². The molecule has 0 heterocycles. The molecule has 0 amide bonds. The summed E-state index contributed by atoms with van der Waals surface area (Å²) in [5.74, 6) is 0. The molecule has 0 unspecified atom stereocenters. The number of hydrogen-bond donors (Lipinski definition) is 0. The zero-order valence-corrected chi connectivity index (χ0v) is 10.6. The highest BCUT2D eigenvalue weighted by atomic mass is 16.6. The standard InChI is InChI=1S/C14H12N2O4/c17-15(18)13-8-6-11(7-9-13)4-5-12-2-1-3-14(10-12)16(19)20/h1-3,6-10H,4-5H2. The van der Waals surface area contributed by atoms with Gasteiger partial charge in [-0.15, -0.1) is 0 Å². The van der Waals surface area contributed by atoms with Gasteiger partial charge in [0.2, 0.25) is 0 Å². The minimum atomic E-state index is -0.440. The highest BCUT2D eigenvalue weighted by Crippen LogP contribution is 2.17. The van der Waals surface area contributed by atoms with E-state index in [0.717, 1.165) is 11.1 Å². The molecule has 0 saturated carbocycles. The summed E-state index contributed by atoms with van der Waals surface area (Å²) < 4.78 is 0. The number of aryl methyl sites for hydroxylation is 2. The molecule has 0 aliphatic rings. The predicted molar refractivity (Wildman–Crippen MR) is 73.6 cm³/mol. The first kappa shape index (κ1) is 13.7. The average molecular weight is 272 g/mol. The summed E-state index contributed by atoms with van der Waals surface area (Å²) in [7, 11) is 0. The van der Waals surface area contributed by atoms with E-state index in [2.05, 4.69) is 0 Å². The van der Waals surface area contributed by atoms with Crippen molar-refractivity contribution in [2.75, 3.05) is 0 Å². The normalized spacial score (nSPS) is 10.2. The summed E-state index contributed by atoms with van der Waals surface area (Å²) in [6.45, 7) is 0. The number of rotatable bonds is 5. The van der Waals surface area contributed by atoms with Crippen LogP contribution in [0.25, 0.3) is 0 Å². The van der Waals surface area contributed by atoms with E-state index in [1.165, 1.54) is 18.2 Å². The van der Waals surface area contributed by atoms with Gasteiger partial charge in [-0.25, -0.2) is 0 Å². The third-order valence-electron chi connectivity index (χ3n) is 2.97. The lowest BCUT2D eigenvalue weighted by atomic mass is 10.0. The minimum absolute atomic E-state index is 0.0594. The summed E-state index contributed by atoms with van der Waals surface area (Å²) in [5.41, 5.74) is 1.97. The number of nitro groups is 2. The molecular weight excluding hydrogens is 260 g/mol. The van der Waals surface area contributed by atoms with Crippen molar-refractivity contribution in [2.45, 2.75) is 12.8 Å². The Kier molecular flexibility index (Phi) is 4.05. The van der Waals surface area contributed by atoms with Crippen LogP contribution in [0.2, 0.25) is 0 Å². The van der Waals surface area contributed by atoms with Crippen LogP contribution in [-0.4, -0.2) is 9.85 Å². The highest BCUT2D eigenvalue weighted by Gasteiger charge is 2.07. The van der Waals surface area contributed by atoms with Crippen LogP contribution in [0, 0.1) is 20.2 Å². The first-order chi connectivity index (χ1) is 9.56. The quantitative estimate of drug-likeness (QED) is 0.617. The van der Waals surface area contributed by atoms with Gasteiger partial charge in [-0.3, -0.25) is 20.2 Å². The minimum Gasteiger partial charge on any atom is -0.258 e. The van der Waals surface area contributed by atoms with Crippen LogP contribution >= 0.6 is 0 Å². The van der Waals surface area contributed by atoms with Gasteiger partial charge in [-0.05, 0) is 24.0 Å². The van der Waals surface area contributed by atoms with Gasteiger partial charge < -0.3 is 0 Å². The van der Waals surface area contributed by atoms with Crippen LogP contribution in [-0.2, 0) is 12.8 Å². The topological polar surface area (TPSA) is 86.3 Å². The van der Waals surface area contributed by atoms with Crippen LogP contribution < -0.4 is 0 Å². The zero-order chi connectivity index (χ0) is 14.5. The SMILES string of the molecule is O=[N+]([O-])c1ccc(CCc2cccc([N+](=O)[O-])c2)cc1. The molecule has 0 aliphatic carbocycles. The Hall–Kier alpha value is -2.76. The second kappa shape index (κ2) is 5.92. The lowest BCUT2D eigenvalue weighted by Crippen LogP contribution is -1.94. The van der Waals surface area contributed by atoms with E-state index in [1.54, 1.807) is 24.3 Å². The van der Waals surface area contributed by atoms with Crippen LogP contribution in [0.5, 0.6) is 0 Å². The van der Waals surface area contributed by atoms with E-state index in [0.29, 0.717) is 12.8 Å². The second-order valence-corrected chi connectivity index (χ2v) is 4.35. The fraction of sp³-hybridized carbons (Fsp3) is 0.143. The number of benzene rings is 2. The summed E-state index contributed by atoms with van der Waals surface area (Å²) >= 11 is 0. The van der Waals surface area contributed by atoms with E-state index < -0.39 is 9.85 Å². The molecule has 20 heavy (non-hydrogen) atoms. The van der Waals surface area contributed by atoms with E-state index in [9.17, 15) is 20.2 Å². The largest absolute Gasteiger partial charge is 0.269 e. The molecule has 6 nitrogen and oxygen atoms in total. The van der Waals surface area contributed by atoms with Crippen molar-refractivity contribution < 1.29 is 9.85 Å². The number of nitrogens with zero attached hydrogens (tertiary/aromatic N) is 2. The molecule has 0 saturated heterocycles. The van der Waals surface area contributed by atoms with Gasteiger partial charge in [0.15, 0.2) is 0 Å². The molecule has 2 aromatic rings. The molecule has 0 atom stereocenters. The zero-order valence-electron chi connectivity index (χ0n) is 10.6. The van der Waals surface area contributed by atoms with E-state index in [1.807, 2.05) is 6.07 Å². The first-order valence-corrected chi connectivity index (χ1v) is 6.03. The van der Waals surface area contributed by atoms with Crippen LogP contribution in [0.15, 0.2) is 48.5 Å². The third kappa shape index (κ3) is 3.38. The molecule has 0 bridgehead atoms. The van der Waals surface area contributed by atoms with Crippen molar-refractivity contribution in [3.8, 4) is 0 Å². The maximum atomic E-state index is 10.7. The van der Waals surface area contributed by atoms with Crippen molar-refractivity contribution in [1.29, 1.82) is 0 Å². The maximum absolute atomic E-state index is 10.7. The molecule has 0 fully saturated rings. The monoisotopic (exact) mass is 272 g/mol. The van der Waals surface area contributed by atoms with Crippen molar-refractivity contribution in [1.82, 2.24) is 0 Å². The Bertz CT molecular complexity index is 638. The van der Waals surface area contributed by atoms with Crippen LogP contribution in [0.3, 0.4) is 0 Å². The Morgan fingerprint density at radius 1 is 0.750 bits per heavy atom. The van der Waals surface area contributed by atoms with Gasteiger partial charge in [-0.2, -0.15) is 0 Å². The molecular formula is C14H12N2O4. The van der Waals surface area contributed by atoms with E-state index >= 15 is 0 Å². The van der Waals surface area contributed by atoms with Crippen LogP contribution in [0.1, 0.15) is 11.1 Å². The van der Waals surface area contributed by atoms with Crippen molar-refractivity contribution in [3.63, 3.8) is 0 Å². The van der Waals surface area contributed by atoms with Crippen molar-refractivity contribution >= 4 is 11.4 Å². The number of non-ortho nitro benzene ring substituents is 2. The number of hydrogen-bond acceptors (Lipinski definition) is 4. The lowest BCUT2D eigenvalue weighted by molar-refractivity contribution is -0.385. The molecule has 0 spiro atoms. The summed E-state index contributed by atoms with van der Waals surface area (Å²) in [5, 5.41) is 21.2. The van der Waals surface area contributed by atoms with Gasteiger partial charge in [0, 0.05) is 24.3 Å². The molecule has 0 aliphatic heterocycles. The smallest absolute Gasteiger partial charge is 0.258 e.